The van der Waals surface area contributed by atoms with Gasteiger partial charge in [0.25, 0.3) is 0 Å². The molecule has 1 unspecified atom stereocenters. The molecule has 25 heavy (non-hydrogen) atoms. The number of aromatic nitrogens is 1. The highest BCUT2D eigenvalue weighted by atomic mass is 35.5. The molecule has 1 aromatic carbocycles. The fourth-order valence-corrected chi connectivity index (χ4v) is 4.56. The molecular weight excluding hydrogens is 389 g/mol. The summed E-state index contributed by atoms with van der Waals surface area (Å²) in [7, 11) is -4.24. The minimum Gasteiger partial charge on any atom is -0.480 e. The Morgan fingerprint density at radius 2 is 1.92 bits per heavy atom. The van der Waals surface area contributed by atoms with Gasteiger partial charge in [-0.25, -0.2) is 8.42 Å². The van der Waals surface area contributed by atoms with Crippen LogP contribution in [0.25, 0.3) is 0 Å². The summed E-state index contributed by atoms with van der Waals surface area (Å²) in [5.41, 5.74) is 0.348. The number of carboxylic acid groups (broad SMARTS) is 1. The number of hydrogen-bond donors (Lipinski definition) is 2. The SMILES string of the molecule is N#Cc1cccn1CCC(NS(=O)(=O)c1c(Cl)cccc1Cl)C(=O)O. The molecule has 0 fully saturated rings. The van der Waals surface area contributed by atoms with E-state index < -0.39 is 22.0 Å². The van der Waals surface area contributed by atoms with Crippen LogP contribution in [-0.4, -0.2) is 30.1 Å². The van der Waals surface area contributed by atoms with Gasteiger partial charge in [0.05, 0.1) is 10.0 Å². The van der Waals surface area contributed by atoms with Crippen LogP contribution in [0.4, 0.5) is 0 Å². The molecule has 0 bridgehead atoms. The Labute approximate surface area is 154 Å². The van der Waals surface area contributed by atoms with Gasteiger partial charge in [0.2, 0.25) is 10.0 Å². The minimum absolute atomic E-state index is 0.0694. The Bertz CT molecular complexity index is 914. The van der Waals surface area contributed by atoms with Crippen LogP contribution in [0.15, 0.2) is 41.4 Å². The maximum Gasteiger partial charge on any atom is 0.321 e. The molecule has 0 radical (unpaired) electrons. The van der Waals surface area contributed by atoms with Gasteiger partial charge in [-0.15, -0.1) is 0 Å². The average molecular weight is 402 g/mol. The highest BCUT2D eigenvalue weighted by Crippen LogP contribution is 2.29. The maximum absolute atomic E-state index is 12.5. The van der Waals surface area contributed by atoms with Crippen molar-refractivity contribution in [3.63, 3.8) is 0 Å². The molecule has 1 heterocycles. The van der Waals surface area contributed by atoms with E-state index in [2.05, 4.69) is 4.72 Å². The minimum atomic E-state index is -4.24. The van der Waals surface area contributed by atoms with Gasteiger partial charge in [0.15, 0.2) is 0 Å². The van der Waals surface area contributed by atoms with Crippen molar-refractivity contribution >= 4 is 39.2 Å². The highest BCUT2D eigenvalue weighted by molar-refractivity contribution is 7.89. The molecule has 0 aliphatic rings. The number of sulfonamides is 1. The van der Waals surface area contributed by atoms with Crippen molar-refractivity contribution in [1.29, 1.82) is 5.26 Å². The fraction of sp³-hybridized carbons (Fsp3) is 0.200. The summed E-state index contributed by atoms with van der Waals surface area (Å²) >= 11 is 11.8. The first kappa shape index (κ1) is 19.3. The molecule has 0 saturated heterocycles. The zero-order chi connectivity index (χ0) is 18.6. The summed E-state index contributed by atoms with van der Waals surface area (Å²) in [4.78, 5) is 11.1. The van der Waals surface area contributed by atoms with Crippen molar-refractivity contribution in [1.82, 2.24) is 9.29 Å². The molecule has 2 aromatic rings. The largest absolute Gasteiger partial charge is 0.480 e. The Balaban J connectivity index is 2.21. The molecule has 1 aromatic heterocycles. The molecule has 2 N–H and O–H groups in total. The van der Waals surface area contributed by atoms with Crippen LogP contribution in [0.1, 0.15) is 12.1 Å². The molecule has 0 aliphatic carbocycles. The summed E-state index contributed by atoms with van der Waals surface area (Å²) in [6.07, 6.45) is 1.54. The van der Waals surface area contributed by atoms with E-state index in [0.29, 0.717) is 5.69 Å². The van der Waals surface area contributed by atoms with Crippen LogP contribution in [0.3, 0.4) is 0 Å². The number of carbonyl (C=O) groups is 1. The third-order valence-corrected chi connectivity index (χ3v) is 5.81. The van der Waals surface area contributed by atoms with E-state index in [1.54, 1.807) is 18.3 Å². The Kier molecular flexibility index (Phi) is 6.08. The van der Waals surface area contributed by atoms with Gasteiger partial charge in [0.1, 0.15) is 22.7 Å². The summed E-state index contributed by atoms with van der Waals surface area (Å²) in [6, 6.07) is 7.93. The highest BCUT2D eigenvalue weighted by Gasteiger charge is 2.28. The number of rotatable bonds is 7. The summed E-state index contributed by atoms with van der Waals surface area (Å²) in [5.74, 6) is -1.35. The first-order valence-corrected chi connectivity index (χ1v) is 9.24. The van der Waals surface area contributed by atoms with Crippen molar-refractivity contribution in [3.05, 3.63) is 52.3 Å². The van der Waals surface area contributed by atoms with Gasteiger partial charge in [-0.3, -0.25) is 4.79 Å². The molecule has 0 aliphatic heterocycles. The first-order chi connectivity index (χ1) is 11.8. The number of aliphatic carboxylic acids is 1. The number of benzene rings is 1. The molecule has 0 amide bonds. The Morgan fingerprint density at radius 3 is 2.48 bits per heavy atom. The number of hydrogen-bond acceptors (Lipinski definition) is 4. The lowest BCUT2D eigenvalue weighted by Crippen LogP contribution is -2.41. The van der Waals surface area contributed by atoms with Crippen LogP contribution in [-0.2, 0) is 21.4 Å². The number of aryl methyl sites for hydroxylation is 1. The van der Waals surface area contributed by atoms with Crippen LogP contribution in [0.5, 0.6) is 0 Å². The van der Waals surface area contributed by atoms with Crippen molar-refractivity contribution in [2.75, 3.05) is 0 Å². The van der Waals surface area contributed by atoms with Crippen LogP contribution >= 0.6 is 23.2 Å². The molecule has 10 heteroatoms. The van der Waals surface area contributed by atoms with Crippen molar-refractivity contribution < 1.29 is 18.3 Å². The normalized spacial score (nSPS) is 12.5. The zero-order valence-corrected chi connectivity index (χ0v) is 15.0. The van der Waals surface area contributed by atoms with Crippen LogP contribution in [0.2, 0.25) is 10.0 Å². The predicted octanol–water partition coefficient (Wildman–Crippen LogP) is 2.49. The molecule has 0 saturated carbocycles. The van der Waals surface area contributed by atoms with E-state index in [1.165, 1.54) is 22.8 Å². The second-order valence-corrected chi connectivity index (χ2v) is 7.52. The van der Waals surface area contributed by atoms with E-state index >= 15 is 0 Å². The molecule has 2 rings (SSSR count). The molecule has 0 spiro atoms. The first-order valence-electron chi connectivity index (χ1n) is 7.00. The van der Waals surface area contributed by atoms with Crippen LogP contribution < -0.4 is 4.72 Å². The fourth-order valence-electron chi connectivity index (χ4n) is 2.20. The van der Waals surface area contributed by atoms with Crippen molar-refractivity contribution in [3.8, 4) is 6.07 Å². The lowest BCUT2D eigenvalue weighted by Gasteiger charge is -2.16. The van der Waals surface area contributed by atoms with Crippen molar-refractivity contribution in [2.45, 2.75) is 23.9 Å². The smallest absolute Gasteiger partial charge is 0.321 e. The second-order valence-electron chi connectivity index (χ2n) is 5.05. The van der Waals surface area contributed by atoms with Gasteiger partial charge in [0, 0.05) is 12.7 Å². The quantitative estimate of drug-likeness (QED) is 0.739. The maximum atomic E-state index is 12.5. The van der Waals surface area contributed by atoms with Crippen LogP contribution in [0, 0.1) is 11.3 Å². The average Bonchev–Trinajstić information content (AvgIpc) is 2.98. The number of carboxylic acids is 1. The molecule has 7 nitrogen and oxygen atoms in total. The van der Waals surface area contributed by atoms with E-state index in [0.717, 1.165) is 0 Å². The van der Waals surface area contributed by atoms with Gasteiger partial charge in [-0.05, 0) is 30.7 Å². The summed E-state index contributed by atoms with van der Waals surface area (Å²) < 4.78 is 28.6. The van der Waals surface area contributed by atoms with Gasteiger partial charge in [-0.2, -0.15) is 9.98 Å². The monoisotopic (exact) mass is 401 g/mol. The second kappa shape index (κ2) is 7.89. The van der Waals surface area contributed by atoms with E-state index in [-0.39, 0.29) is 27.9 Å². The summed E-state index contributed by atoms with van der Waals surface area (Å²) in [6.45, 7) is 0.144. The summed E-state index contributed by atoms with van der Waals surface area (Å²) in [5, 5.41) is 18.0. The number of nitrogens with one attached hydrogen (secondary N) is 1. The van der Waals surface area contributed by atoms with E-state index in [9.17, 15) is 18.3 Å². The number of nitrogens with zero attached hydrogens (tertiary/aromatic N) is 2. The van der Waals surface area contributed by atoms with E-state index in [4.69, 9.17) is 28.5 Å². The Morgan fingerprint density at radius 1 is 1.28 bits per heavy atom. The lowest BCUT2D eigenvalue weighted by atomic mass is 10.2. The van der Waals surface area contributed by atoms with Gasteiger partial charge < -0.3 is 9.67 Å². The topological polar surface area (TPSA) is 112 Å². The van der Waals surface area contributed by atoms with E-state index in [1.807, 2.05) is 6.07 Å². The predicted molar refractivity (Wildman–Crippen MR) is 92.0 cm³/mol. The number of nitriles is 1. The van der Waals surface area contributed by atoms with Gasteiger partial charge >= 0.3 is 5.97 Å². The zero-order valence-electron chi connectivity index (χ0n) is 12.7. The Hall–Kier alpha value is -2.05. The third-order valence-electron chi connectivity index (χ3n) is 3.39. The van der Waals surface area contributed by atoms with Crippen molar-refractivity contribution in [2.24, 2.45) is 0 Å². The number of halogens is 2. The molecule has 132 valence electrons. The third kappa shape index (κ3) is 4.52. The standard InChI is InChI=1S/C15H13Cl2N3O4S/c16-11-4-1-5-12(17)14(11)25(23,24)19-13(15(21)22)6-8-20-7-2-3-10(20)9-18/h1-5,7,13,19H,6,8H2,(H,21,22). The molecule has 1 atom stereocenters. The molecular formula is C15H13Cl2N3O4S. The lowest BCUT2D eigenvalue weighted by molar-refractivity contribution is -0.139. The van der Waals surface area contributed by atoms with Gasteiger partial charge in [-0.1, -0.05) is 29.3 Å².